The third-order valence-corrected chi connectivity index (χ3v) is 3.28. The fourth-order valence-corrected chi connectivity index (χ4v) is 2.13. The Bertz CT molecular complexity index is 289. The van der Waals surface area contributed by atoms with Crippen LogP contribution in [0.4, 0.5) is 0 Å². The van der Waals surface area contributed by atoms with E-state index < -0.39 is 0 Å². The molecule has 14 heavy (non-hydrogen) atoms. The number of benzene rings is 1. The molecule has 0 aliphatic heterocycles. The first-order valence-electron chi connectivity index (χ1n) is 4.27. The Labute approximate surface area is 94.4 Å². The van der Waals surface area contributed by atoms with Gasteiger partial charge in [-0.15, -0.1) is 11.8 Å². The second-order valence-corrected chi connectivity index (χ2v) is 4.17. The van der Waals surface area contributed by atoms with Crippen LogP contribution in [0.5, 0.6) is 11.5 Å². The predicted molar refractivity (Wildman–Crippen MR) is 64.1 cm³/mol. The minimum absolute atomic E-state index is 0.852. The average molecular weight is 230 g/mol. The third kappa shape index (κ3) is 3.03. The molecule has 0 N–H and O–H groups in total. The highest BCUT2D eigenvalue weighted by Crippen LogP contribution is 2.32. The van der Waals surface area contributed by atoms with Crippen molar-refractivity contribution in [1.29, 1.82) is 0 Å². The molecule has 2 nitrogen and oxygen atoms in total. The van der Waals surface area contributed by atoms with Crippen LogP contribution >= 0.6 is 24.4 Å². The lowest BCUT2D eigenvalue weighted by molar-refractivity contribution is 0.394. The molecular weight excluding hydrogens is 216 g/mol. The largest absolute Gasteiger partial charge is 0.497 e. The highest BCUT2D eigenvalue weighted by Gasteiger charge is 2.04. The van der Waals surface area contributed by atoms with Crippen molar-refractivity contribution in [3.63, 3.8) is 0 Å². The highest BCUT2D eigenvalue weighted by molar-refractivity contribution is 8.00. The number of rotatable bonds is 5. The van der Waals surface area contributed by atoms with Crippen molar-refractivity contribution in [1.82, 2.24) is 0 Å². The lowest BCUT2D eigenvalue weighted by Gasteiger charge is -2.09. The summed E-state index contributed by atoms with van der Waals surface area (Å²) in [4.78, 5) is 1.10. The maximum Gasteiger partial charge on any atom is 0.132 e. The SMILES string of the molecule is COc1ccc(OC)c(SCCS)c1. The van der Waals surface area contributed by atoms with Gasteiger partial charge in [-0.25, -0.2) is 0 Å². The van der Waals surface area contributed by atoms with Crippen LogP contribution in [-0.4, -0.2) is 25.7 Å². The Kier molecular flexibility index (Phi) is 5.04. The molecule has 4 heteroatoms. The van der Waals surface area contributed by atoms with E-state index in [2.05, 4.69) is 12.6 Å². The van der Waals surface area contributed by atoms with Crippen molar-refractivity contribution in [2.45, 2.75) is 4.90 Å². The van der Waals surface area contributed by atoms with Crippen molar-refractivity contribution < 1.29 is 9.47 Å². The Morgan fingerprint density at radius 3 is 2.64 bits per heavy atom. The summed E-state index contributed by atoms with van der Waals surface area (Å²) < 4.78 is 10.4. The van der Waals surface area contributed by atoms with Crippen molar-refractivity contribution in [3.05, 3.63) is 18.2 Å². The Balaban J connectivity index is 2.84. The molecule has 0 fully saturated rings. The maximum atomic E-state index is 5.24. The van der Waals surface area contributed by atoms with Crippen LogP contribution in [-0.2, 0) is 0 Å². The molecule has 0 bridgehead atoms. The zero-order chi connectivity index (χ0) is 10.4. The van der Waals surface area contributed by atoms with E-state index in [0.29, 0.717) is 0 Å². The molecule has 0 radical (unpaired) electrons. The van der Waals surface area contributed by atoms with E-state index in [1.165, 1.54) is 0 Å². The molecule has 0 aromatic heterocycles. The number of thiol groups is 1. The first kappa shape index (κ1) is 11.6. The number of hydrogen-bond donors (Lipinski definition) is 1. The first-order valence-corrected chi connectivity index (χ1v) is 5.89. The van der Waals surface area contributed by atoms with Gasteiger partial charge in [-0.05, 0) is 24.0 Å². The quantitative estimate of drug-likeness (QED) is 0.620. The van der Waals surface area contributed by atoms with Crippen LogP contribution in [0.25, 0.3) is 0 Å². The van der Waals surface area contributed by atoms with Crippen LogP contribution < -0.4 is 9.47 Å². The zero-order valence-electron chi connectivity index (χ0n) is 8.32. The maximum absolute atomic E-state index is 5.24. The summed E-state index contributed by atoms with van der Waals surface area (Å²) in [6.07, 6.45) is 0. The van der Waals surface area contributed by atoms with Gasteiger partial charge in [-0.2, -0.15) is 12.6 Å². The molecule has 0 unspecified atom stereocenters. The summed E-state index contributed by atoms with van der Waals surface area (Å²) in [5, 5.41) is 0. The van der Waals surface area contributed by atoms with Crippen LogP contribution in [0.3, 0.4) is 0 Å². The molecule has 0 saturated carbocycles. The lowest BCUT2D eigenvalue weighted by atomic mass is 10.3. The van der Waals surface area contributed by atoms with Gasteiger partial charge in [0.05, 0.1) is 19.1 Å². The zero-order valence-corrected chi connectivity index (χ0v) is 10.0. The molecule has 0 saturated heterocycles. The monoisotopic (exact) mass is 230 g/mol. The smallest absolute Gasteiger partial charge is 0.132 e. The van der Waals surface area contributed by atoms with Crippen LogP contribution in [0, 0.1) is 0 Å². The van der Waals surface area contributed by atoms with E-state index in [4.69, 9.17) is 9.47 Å². The van der Waals surface area contributed by atoms with Crippen LogP contribution in [0.15, 0.2) is 23.1 Å². The fourth-order valence-electron chi connectivity index (χ4n) is 1.05. The molecule has 0 amide bonds. The van der Waals surface area contributed by atoms with Gasteiger partial charge in [-0.3, -0.25) is 0 Å². The molecule has 0 aliphatic rings. The molecule has 0 spiro atoms. The molecule has 0 heterocycles. The van der Waals surface area contributed by atoms with Crippen molar-refractivity contribution in [3.8, 4) is 11.5 Å². The number of thioether (sulfide) groups is 1. The molecule has 1 rings (SSSR count). The number of hydrogen-bond acceptors (Lipinski definition) is 4. The van der Waals surface area contributed by atoms with E-state index in [9.17, 15) is 0 Å². The Morgan fingerprint density at radius 1 is 1.29 bits per heavy atom. The Morgan fingerprint density at radius 2 is 2.07 bits per heavy atom. The molecule has 1 aromatic rings. The van der Waals surface area contributed by atoms with Crippen LogP contribution in [0.1, 0.15) is 0 Å². The molecular formula is C10H14O2S2. The minimum Gasteiger partial charge on any atom is -0.497 e. The topological polar surface area (TPSA) is 18.5 Å². The summed E-state index contributed by atoms with van der Waals surface area (Å²) in [5.74, 6) is 3.56. The summed E-state index contributed by atoms with van der Waals surface area (Å²) in [7, 11) is 3.33. The van der Waals surface area contributed by atoms with E-state index >= 15 is 0 Å². The van der Waals surface area contributed by atoms with Gasteiger partial charge >= 0.3 is 0 Å². The summed E-state index contributed by atoms with van der Waals surface area (Å²) in [5.41, 5.74) is 0. The van der Waals surface area contributed by atoms with Gasteiger partial charge in [-0.1, -0.05) is 0 Å². The van der Waals surface area contributed by atoms with Crippen molar-refractivity contribution >= 4 is 24.4 Å². The van der Waals surface area contributed by atoms with Gasteiger partial charge in [0.1, 0.15) is 11.5 Å². The van der Waals surface area contributed by atoms with Gasteiger partial charge in [0.25, 0.3) is 0 Å². The van der Waals surface area contributed by atoms with Gasteiger partial charge in [0.15, 0.2) is 0 Å². The molecule has 0 atom stereocenters. The van der Waals surface area contributed by atoms with Crippen molar-refractivity contribution in [2.24, 2.45) is 0 Å². The van der Waals surface area contributed by atoms with Gasteiger partial charge in [0, 0.05) is 5.75 Å². The fraction of sp³-hybridized carbons (Fsp3) is 0.400. The van der Waals surface area contributed by atoms with Gasteiger partial charge in [0.2, 0.25) is 0 Å². The van der Waals surface area contributed by atoms with E-state index in [-0.39, 0.29) is 0 Å². The second-order valence-electron chi connectivity index (χ2n) is 2.59. The summed E-state index contributed by atoms with van der Waals surface area (Å²) in [6.45, 7) is 0. The van der Waals surface area contributed by atoms with Crippen LogP contribution in [0.2, 0.25) is 0 Å². The number of ether oxygens (including phenoxy) is 2. The Hall–Kier alpha value is -0.480. The standard InChI is InChI=1S/C10H14O2S2/c1-11-8-3-4-9(12-2)10(7-8)14-6-5-13/h3-4,7,13H,5-6H2,1-2H3. The predicted octanol–water partition coefficient (Wildman–Crippen LogP) is 2.73. The summed E-state index contributed by atoms with van der Waals surface area (Å²) >= 11 is 5.89. The highest BCUT2D eigenvalue weighted by atomic mass is 32.2. The molecule has 1 aromatic carbocycles. The summed E-state index contributed by atoms with van der Waals surface area (Å²) in [6, 6.07) is 5.79. The second kappa shape index (κ2) is 6.09. The van der Waals surface area contributed by atoms with E-state index in [1.807, 2.05) is 18.2 Å². The van der Waals surface area contributed by atoms with Crippen molar-refractivity contribution in [2.75, 3.05) is 25.7 Å². The minimum atomic E-state index is 0.852. The van der Waals surface area contributed by atoms with Gasteiger partial charge < -0.3 is 9.47 Å². The normalized spacial score (nSPS) is 9.93. The third-order valence-electron chi connectivity index (χ3n) is 1.72. The molecule has 78 valence electrons. The van der Waals surface area contributed by atoms with E-state index in [1.54, 1.807) is 26.0 Å². The lowest BCUT2D eigenvalue weighted by Crippen LogP contribution is -1.90. The molecule has 0 aliphatic carbocycles. The average Bonchev–Trinajstić information content (AvgIpc) is 2.25. The number of methoxy groups -OCH3 is 2. The first-order chi connectivity index (χ1) is 6.81. The van der Waals surface area contributed by atoms with E-state index in [0.717, 1.165) is 27.9 Å².